The van der Waals surface area contributed by atoms with E-state index in [2.05, 4.69) is 31.6 Å². The van der Waals surface area contributed by atoms with Crippen molar-refractivity contribution in [3.05, 3.63) is 102 Å². The summed E-state index contributed by atoms with van der Waals surface area (Å²) >= 11 is 0. The number of nitrogens with one attached hydrogen (secondary N) is 5. The molecule has 4 aromatic rings. The van der Waals surface area contributed by atoms with Gasteiger partial charge in [0.1, 0.15) is 0 Å². The summed E-state index contributed by atoms with van der Waals surface area (Å²) in [6, 6.07) is 22.7. The number of hydrogen-bond donors (Lipinski definition) is 5. The number of carbonyl (C=O) groups is 3. The third kappa shape index (κ3) is 6.47. The second kappa shape index (κ2) is 12.8. The molecule has 5 N–H and O–H groups in total. The van der Waals surface area contributed by atoms with Gasteiger partial charge < -0.3 is 26.6 Å². The number of fused-ring (bicyclic) bond motifs is 2. The van der Waals surface area contributed by atoms with E-state index in [1.807, 2.05) is 72.8 Å². The minimum absolute atomic E-state index is 0.0472. The smallest absolute Gasteiger partial charge is 0.251 e. The normalized spacial score (nSPS) is 17.6. The average Bonchev–Trinajstić information content (AvgIpc) is 3.32. The molecule has 222 valence electrons. The monoisotopic (exact) mass is 586 g/mol. The van der Waals surface area contributed by atoms with E-state index in [4.69, 9.17) is 0 Å². The van der Waals surface area contributed by atoms with Crippen molar-refractivity contribution < 1.29 is 14.4 Å². The van der Waals surface area contributed by atoms with Crippen LogP contribution in [0.4, 0.5) is 22.7 Å². The number of anilines is 4. The molecule has 0 fully saturated rings. The summed E-state index contributed by atoms with van der Waals surface area (Å²) in [4.78, 5) is 42.0. The van der Waals surface area contributed by atoms with E-state index >= 15 is 0 Å². The molecule has 0 unspecified atom stereocenters. The SMILES string of the molecule is CNC(=O)c1ccc(-c2cccc3c2N[C@H](CC[C@@H]2CC(=O)Nc4cccc(/C=C/c5cccnc5)c4N2)CC(=O)N3)cc1. The van der Waals surface area contributed by atoms with E-state index in [9.17, 15) is 14.4 Å². The van der Waals surface area contributed by atoms with Crippen molar-refractivity contribution in [1.82, 2.24) is 10.3 Å². The highest BCUT2D eigenvalue weighted by atomic mass is 16.2. The molecule has 3 heterocycles. The molecule has 0 spiro atoms. The first-order valence-corrected chi connectivity index (χ1v) is 14.8. The molecule has 2 aliphatic heterocycles. The van der Waals surface area contributed by atoms with Crippen molar-refractivity contribution >= 4 is 52.6 Å². The van der Waals surface area contributed by atoms with Crippen molar-refractivity contribution in [2.45, 2.75) is 37.8 Å². The van der Waals surface area contributed by atoms with Gasteiger partial charge in [0.25, 0.3) is 5.91 Å². The van der Waals surface area contributed by atoms with E-state index in [-0.39, 0.29) is 29.8 Å². The second-order valence-corrected chi connectivity index (χ2v) is 11.0. The summed E-state index contributed by atoms with van der Waals surface area (Å²) in [5.41, 5.74) is 7.58. The van der Waals surface area contributed by atoms with Gasteiger partial charge in [-0.3, -0.25) is 19.4 Å². The Morgan fingerprint density at radius 3 is 2.14 bits per heavy atom. The minimum atomic E-state index is -0.144. The number of pyridine rings is 1. The Morgan fingerprint density at radius 2 is 1.48 bits per heavy atom. The molecule has 6 rings (SSSR count). The first kappa shape index (κ1) is 28.7. The molecule has 2 atom stereocenters. The van der Waals surface area contributed by atoms with Gasteiger partial charge >= 0.3 is 0 Å². The van der Waals surface area contributed by atoms with Gasteiger partial charge in [-0.05, 0) is 59.9 Å². The fourth-order valence-corrected chi connectivity index (χ4v) is 5.74. The molecule has 9 nitrogen and oxygen atoms in total. The van der Waals surface area contributed by atoms with Gasteiger partial charge in [-0.25, -0.2) is 0 Å². The molecular weight excluding hydrogens is 552 g/mol. The summed E-state index contributed by atoms with van der Waals surface area (Å²) in [7, 11) is 1.61. The molecule has 0 aliphatic carbocycles. The topological polar surface area (TPSA) is 124 Å². The Kier molecular flexibility index (Phi) is 8.36. The van der Waals surface area contributed by atoms with Crippen LogP contribution in [0.1, 0.15) is 47.2 Å². The van der Waals surface area contributed by atoms with E-state index < -0.39 is 0 Å². The lowest BCUT2D eigenvalue weighted by Gasteiger charge is -2.23. The zero-order valence-corrected chi connectivity index (χ0v) is 24.4. The molecule has 0 saturated heterocycles. The standard InChI is InChI=1S/C35H34N6O3/c1-36-35(44)25-14-12-23(13-15-25)28-7-3-9-30-34(28)39-27(20-32(43)41-30)17-16-26-19-31(42)40-29-8-2-6-24(33(29)38-26)11-10-22-5-4-18-37-21-22/h2-15,18,21,26-27,38-39H,16-17,19-20H2,1H3,(H,36,44)(H,40,42)(H,41,43)/b11-10+/t26-,27-/m1/s1. The van der Waals surface area contributed by atoms with Crippen LogP contribution in [0.3, 0.4) is 0 Å². The van der Waals surface area contributed by atoms with Crippen LogP contribution < -0.4 is 26.6 Å². The third-order valence-electron chi connectivity index (χ3n) is 7.96. The van der Waals surface area contributed by atoms with E-state index in [1.54, 1.807) is 31.6 Å². The quantitative estimate of drug-likeness (QED) is 0.181. The van der Waals surface area contributed by atoms with Crippen LogP contribution >= 0.6 is 0 Å². The first-order valence-electron chi connectivity index (χ1n) is 14.8. The van der Waals surface area contributed by atoms with Crippen molar-refractivity contribution in [3.8, 4) is 11.1 Å². The number of nitrogens with zero attached hydrogens (tertiary/aromatic N) is 1. The van der Waals surface area contributed by atoms with Gasteiger partial charge in [-0.15, -0.1) is 0 Å². The zero-order chi connectivity index (χ0) is 30.5. The molecule has 3 aromatic carbocycles. The average molecular weight is 587 g/mol. The third-order valence-corrected chi connectivity index (χ3v) is 7.96. The van der Waals surface area contributed by atoms with Crippen molar-refractivity contribution in [1.29, 1.82) is 0 Å². The van der Waals surface area contributed by atoms with Gasteiger partial charge in [0.05, 0.1) is 22.7 Å². The lowest BCUT2D eigenvalue weighted by Crippen LogP contribution is -2.28. The lowest BCUT2D eigenvalue weighted by atomic mass is 9.98. The van der Waals surface area contributed by atoms with Crippen LogP contribution in [0.15, 0.2) is 85.2 Å². The first-order chi connectivity index (χ1) is 21.5. The Balaban J connectivity index is 1.20. The maximum Gasteiger partial charge on any atom is 0.251 e. The van der Waals surface area contributed by atoms with Gasteiger partial charge in [0, 0.05) is 55.5 Å². The van der Waals surface area contributed by atoms with Gasteiger partial charge in [0.2, 0.25) is 11.8 Å². The Labute approximate surface area is 256 Å². The predicted octanol–water partition coefficient (Wildman–Crippen LogP) is 6.00. The van der Waals surface area contributed by atoms with E-state index in [1.165, 1.54) is 0 Å². The summed E-state index contributed by atoms with van der Waals surface area (Å²) in [5, 5.41) is 16.0. The fourth-order valence-electron chi connectivity index (χ4n) is 5.74. The number of amides is 3. The maximum atomic E-state index is 12.9. The maximum absolute atomic E-state index is 12.9. The molecule has 9 heteroatoms. The van der Waals surface area contributed by atoms with Crippen molar-refractivity contribution in [2.24, 2.45) is 0 Å². The number of carbonyl (C=O) groups excluding carboxylic acids is 3. The molecular formula is C35H34N6O3. The van der Waals surface area contributed by atoms with E-state index in [0.29, 0.717) is 31.2 Å². The molecule has 44 heavy (non-hydrogen) atoms. The van der Waals surface area contributed by atoms with E-state index in [0.717, 1.165) is 45.0 Å². The summed E-state index contributed by atoms with van der Waals surface area (Å²) in [6.07, 6.45) is 9.54. The molecule has 3 amide bonds. The Hall–Kier alpha value is -5.44. The molecule has 2 aliphatic rings. The predicted molar refractivity (Wildman–Crippen MR) is 175 cm³/mol. The highest BCUT2D eigenvalue weighted by Gasteiger charge is 2.27. The van der Waals surface area contributed by atoms with Crippen LogP contribution in [0, 0.1) is 0 Å². The Morgan fingerprint density at radius 1 is 0.818 bits per heavy atom. The summed E-state index contributed by atoms with van der Waals surface area (Å²) in [5.74, 6) is -0.254. The molecule has 0 radical (unpaired) electrons. The minimum Gasteiger partial charge on any atom is -0.380 e. The highest BCUT2D eigenvalue weighted by molar-refractivity contribution is 6.01. The van der Waals surface area contributed by atoms with Crippen LogP contribution in [-0.4, -0.2) is 41.8 Å². The number of para-hydroxylation sites is 2. The lowest BCUT2D eigenvalue weighted by molar-refractivity contribution is -0.117. The number of rotatable bonds is 7. The van der Waals surface area contributed by atoms with Crippen molar-refractivity contribution in [3.63, 3.8) is 0 Å². The zero-order valence-electron chi connectivity index (χ0n) is 24.4. The molecule has 1 aromatic heterocycles. The molecule has 0 bridgehead atoms. The number of hydrogen-bond acceptors (Lipinski definition) is 6. The van der Waals surface area contributed by atoms with Crippen LogP contribution in [0.2, 0.25) is 0 Å². The summed E-state index contributed by atoms with van der Waals surface area (Å²) < 4.78 is 0. The van der Waals surface area contributed by atoms with Crippen LogP contribution in [0.25, 0.3) is 23.3 Å². The highest BCUT2D eigenvalue weighted by Crippen LogP contribution is 2.38. The van der Waals surface area contributed by atoms with Crippen LogP contribution in [-0.2, 0) is 9.59 Å². The van der Waals surface area contributed by atoms with Crippen molar-refractivity contribution in [2.75, 3.05) is 28.3 Å². The van der Waals surface area contributed by atoms with Crippen LogP contribution in [0.5, 0.6) is 0 Å². The van der Waals surface area contributed by atoms with Gasteiger partial charge in [-0.1, -0.05) is 54.6 Å². The van der Waals surface area contributed by atoms with Gasteiger partial charge in [-0.2, -0.15) is 0 Å². The largest absolute Gasteiger partial charge is 0.380 e. The second-order valence-electron chi connectivity index (χ2n) is 11.0. The Bertz CT molecular complexity index is 1720. The number of aromatic nitrogens is 1. The number of benzene rings is 3. The molecule has 0 saturated carbocycles. The van der Waals surface area contributed by atoms with Gasteiger partial charge in [0.15, 0.2) is 0 Å². The fraction of sp³-hybridized carbons (Fsp3) is 0.200. The summed E-state index contributed by atoms with van der Waals surface area (Å²) in [6.45, 7) is 0.